The second kappa shape index (κ2) is 6.42. The molecule has 0 aromatic carbocycles. The van der Waals surface area contributed by atoms with E-state index in [1.165, 1.54) is 6.92 Å². The number of amides is 1. The minimum Gasteiger partial charge on any atom is -0.354 e. The molecule has 0 heterocycles. The van der Waals surface area contributed by atoms with Crippen LogP contribution in [0.1, 0.15) is 6.92 Å². The van der Waals surface area contributed by atoms with E-state index in [-0.39, 0.29) is 26.0 Å². The van der Waals surface area contributed by atoms with E-state index in [0.717, 1.165) is 0 Å². The van der Waals surface area contributed by atoms with Crippen LogP contribution in [0.5, 0.6) is 0 Å². The molecule has 1 amide bonds. The summed E-state index contributed by atoms with van der Waals surface area (Å²) < 4.78 is 28.6. The summed E-state index contributed by atoms with van der Waals surface area (Å²) in [5.74, 6) is -0.940. The van der Waals surface area contributed by atoms with Gasteiger partial charge in [-0.3, -0.25) is 9.35 Å². The molecule has 0 aromatic heterocycles. The molecule has 0 spiro atoms. The van der Waals surface area contributed by atoms with Crippen LogP contribution in [0.25, 0.3) is 0 Å². The molecule has 13 heavy (non-hydrogen) atoms. The fourth-order valence-electron chi connectivity index (χ4n) is 0.464. The molecule has 0 bridgehead atoms. The largest absolute Gasteiger partial charge is 0.354 e. The summed E-state index contributed by atoms with van der Waals surface area (Å²) in [5, 5.41) is 2.24. The molecule has 1 unspecified atom stereocenters. The topological polar surface area (TPSA) is 109 Å². The average Bonchev–Trinajstić information content (AvgIpc) is 1.84. The van der Waals surface area contributed by atoms with Gasteiger partial charge in [-0.15, -0.1) is 0 Å². The van der Waals surface area contributed by atoms with Gasteiger partial charge in [0.2, 0.25) is 5.91 Å². The Morgan fingerprint density at radius 2 is 2.08 bits per heavy atom. The van der Waals surface area contributed by atoms with Gasteiger partial charge in [-0.1, -0.05) is 0 Å². The van der Waals surface area contributed by atoms with Gasteiger partial charge >= 0.3 is 0 Å². The van der Waals surface area contributed by atoms with Gasteiger partial charge in [-0.05, 0) is 6.92 Å². The van der Waals surface area contributed by atoms with E-state index >= 15 is 0 Å². The predicted molar refractivity (Wildman–Crippen MR) is 43.1 cm³/mol. The number of rotatable bonds is 4. The quantitative estimate of drug-likeness (QED) is 0.414. The van der Waals surface area contributed by atoms with Crippen molar-refractivity contribution in [1.82, 2.24) is 5.32 Å². The number of nitrogens with one attached hydrogen (secondary N) is 1. The third-order valence-corrected chi connectivity index (χ3v) is 1.79. The van der Waals surface area contributed by atoms with Crippen molar-refractivity contribution < 1.29 is 37.2 Å². The standard InChI is InChI=1S/C5H12N2O4S.Zn/c1-4(6)5(8)7-2-3-12(9,10)11;/h4H,2-3,6H2,1H3,(H,7,8)(H,9,10,11);. The number of nitrogens with two attached hydrogens (primary N) is 1. The Morgan fingerprint density at radius 3 is 2.38 bits per heavy atom. The molecular formula is C5H12N2O4SZn. The van der Waals surface area contributed by atoms with E-state index in [1.54, 1.807) is 0 Å². The van der Waals surface area contributed by atoms with Gasteiger partial charge in [0.05, 0.1) is 11.8 Å². The maximum atomic E-state index is 10.7. The maximum absolute atomic E-state index is 10.7. The van der Waals surface area contributed by atoms with Gasteiger partial charge in [0, 0.05) is 26.0 Å². The van der Waals surface area contributed by atoms with Crippen molar-refractivity contribution in [2.75, 3.05) is 12.3 Å². The molecule has 0 radical (unpaired) electrons. The van der Waals surface area contributed by atoms with Gasteiger partial charge in [0.1, 0.15) is 0 Å². The van der Waals surface area contributed by atoms with Crippen molar-refractivity contribution >= 4 is 16.0 Å². The van der Waals surface area contributed by atoms with Crippen LogP contribution >= 0.6 is 0 Å². The summed E-state index contributed by atoms with van der Waals surface area (Å²) >= 11 is 0. The third kappa shape index (κ3) is 9.88. The molecule has 4 N–H and O–H groups in total. The Kier molecular flexibility index (Phi) is 7.63. The van der Waals surface area contributed by atoms with Gasteiger partial charge < -0.3 is 11.1 Å². The number of hydrogen-bond acceptors (Lipinski definition) is 4. The monoisotopic (exact) mass is 260 g/mol. The molecule has 8 heteroatoms. The summed E-state index contributed by atoms with van der Waals surface area (Å²) in [6.45, 7) is 1.35. The first kappa shape index (κ1) is 15.4. The molecule has 0 aliphatic rings. The maximum Gasteiger partial charge on any atom is 0.266 e. The Morgan fingerprint density at radius 1 is 1.62 bits per heavy atom. The van der Waals surface area contributed by atoms with Crippen molar-refractivity contribution in [2.24, 2.45) is 5.73 Å². The minimum atomic E-state index is -4.00. The molecule has 0 aromatic rings. The molecule has 0 aliphatic carbocycles. The fourth-order valence-corrected chi connectivity index (χ4v) is 0.824. The molecule has 0 aliphatic heterocycles. The molecule has 0 saturated heterocycles. The van der Waals surface area contributed by atoms with Crippen LogP contribution in [0.3, 0.4) is 0 Å². The van der Waals surface area contributed by atoms with E-state index in [1.807, 2.05) is 0 Å². The van der Waals surface area contributed by atoms with Crippen LogP contribution in [-0.4, -0.2) is 37.2 Å². The van der Waals surface area contributed by atoms with Crippen molar-refractivity contribution in [3.8, 4) is 0 Å². The Balaban J connectivity index is 0. The second-order valence-corrected chi connectivity index (χ2v) is 3.94. The molecule has 1 atom stereocenters. The molecule has 0 rings (SSSR count). The number of carbonyl (C=O) groups is 1. The smallest absolute Gasteiger partial charge is 0.266 e. The zero-order valence-corrected chi connectivity index (χ0v) is 11.1. The van der Waals surface area contributed by atoms with Crippen LogP contribution in [-0.2, 0) is 34.4 Å². The predicted octanol–water partition coefficient (Wildman–Crippen LogP) is -1.66. The third-order valence-electron chi connectivity index (χ3n) is 1.07. The molecular weight excluding hydrogens is 250 g/mol. The second-order valence-electron chi connectivity index (χ2n) is 2.37. The summed E-state index contributed by atoms with van der Waals surface area (Å²) in [5.41, 5.74) is 5.16. The van der Waals surface area contributed by atoms with Crippen molar-refractivity contribution in [2.45, 2.75) is 13.0 Å². The summed E-state index contributed by atoms with van der Waals surface area (Å²) in [6, 6.07) is -0.675. The number of hydrogen-bond donors (Lipinski definition) is 3. The van der Waals surface area contributed by atoms with Gasteiger partial charge in [-0.25, -0.2) is 0 Å². The van der Waals surface area contributed by atoms with Crippen LogP contribution in [0.2, 0.25) is 0 Å². The first-order valence-corrected chi connectivity index (χ1v) is 4.92. The van der Waals surface area contributed by atoms with Crippen LogP contribution < -0.4 is 11.1 Å². The first-order chi connectivity index (χ1) is 5.33. The molecule has 0 fully saturated rings. The minimum absolute atomic E-state index is 0. The molecule has 6 nitrogen and oxygen atoms in total. The van der Waals surface area contributed by atoms with E-state index < -0.39 is 27.8 Å². The Bertz CT molecular complexity index is 251. The van der Waals surface area contributed by atoms with Crippen molar-refractivity contribution in [1.29, 1.82) is 0 Å². The Labute approximate surface area is 89.8 Å². The zero-order valence-electron chi connectivity index (χ0n) is 7.36. The van der Waals surface area contributed by atoms with Crippen LogP contribution in [0, 0.1) is 0 Å². The number of carbonyl (C=O) groups excluding carboxylic acids is 1. The normalized spacial score (nSPS) is 12.8. The molecule has 0 saturated carbocycles. The summed E-state index contributed by atoms with van der Waals surface area (Å²) in [6.07, 6.45) is 0. The average molecular weight is 262 g/mol. The van der Waals surface area contributed by atoms with Gasteiger partial charge in [0.25, 0.3) is 10.1 Å². The SMILES string of the molecule is CC(N)C(=O)NCCS(=O)(=O)O.[Zn]. The van der Waals surface area contributed by atoms with Crippen LogP contribution in [0.4, 0.5) is 0 Å². The van der Waals surface area contributed by atoms with E-state index in [2.05, 4.69) is 5.32 Å². The van der Waals surface area contributed by atoms with Crippen LogP contribution in [0.15, 0.2) is 0 Å². The van der Waals surface area contributed by atoms with Crippen molar-refractivity contribution in [3.05, 3.63) is 0 Å². The summed E-state index contributed by atoms with van der Waals surface area (Å²) in [7, 11) is -4.00. The Hall–Kier alpha value is -0.0366. The first-order valence-electron chi connectivity index (χ1n) is 3.31. The van der Waals surface area contributed by atoms with E-state index in [4.69, 9.17) is 10.3 Å². The summed E-state index contributed by atoms with van der Waals surface area (Å²) in [4.78, 5) is 10.7. The molecule has 74 valence electrons. The van der Waals surface area contributed by atoms with E-state index in [0.29, 0.717) is 0 Å². The zero-order chi connectivity index (χ0) is 9.78. The van der Waals surface area contributed by atoms with Gasteiger partial charge in [-0.2, -0.15) is 8.42 Å². The van der Waals surface area contributed by atoms with E-state index in [9.17, 15) is 13.2 Å². The van der Waals surface area contributed by atoms with Crippen molar-refractivity contribution in [3.63, 3.8) is 0 Å². The van der Waals surface area contributed by atoms with Gasteiger partial charge in [0.15, 0.2) is 0 Å². The fraction of sp³-hybridized carbons (Fsp3) is 0.800.